The van der Waals surface area contributed by atoms with Crippen molar-refractivity contribution in [2.45, 2.75) is 26.8 Å². The third-order valence-corrected chi connectivity index (χ3v) is 5.66. The van der Waals surface area contributed by atoms with Crippen LogP contribution in [0, 0.1) is 0 Å². The maximum absolute atomic E-state index is 13.3. The number of aromatic nitrogens is 7. The molecule has 1 aromatic carbocycles. The predicted molar refractivity (Wildman–Crippen MR) is 139 cm³/mol. The van der Waals surface area contributed by atoms with Gasteiger partial charge < -0.3 is 24.8 Å². The average molecular weight is 491 g/mol. The van der Waals surface area contributed by atoms with Crippen LogP contribution in [0.25, 0.3) is 33.5 Å². The molecule has 0 aliphatic rings. The number of fused-ring (bicyclic) bond motifs is 2. The number of imidazole rings is 1. The van der Waals surface area contributed by atoms with Crippen LogP contribution in [0.1, 0.15) is 32.6 Å². The first-order chi connectivity index (χ1) is 17.1. The molecule has 0 fully saturated rings. The summed E-state index contributed by atoms with van der Waals surface area (Å²) in [5.41, 5.74) is 3.36. The van der Waals surface area contributed by atoms with Crippen LogP contribution in [0.5, 0.6) is 5.75 Å². The number of aromatic amines is 2. The molecule has 4 aromatic heterocycles. The van der Waals surface area contributed by atoms with Crippen molar-refractivity contribution in [2.75, 3.05) is 25.6 Å². The first-order valence-electron chi connectivity index (χ1n) is 11.3. The normalized spacial score (nSPS) is 12.0. The van der Waals surface area contributed by atoms with E-state index in [1.165, 1.54) is 0 Å². The van der Waals surface area contributed by atoms with Gasteiger partial charge >= 0.3 is 0 Å². The largest absolute Gasteiger partial charge is 0.491 e. The number of pyridine rings is 1. The summed E-state index contributed by atoms with van der Waals surface area (Å²) < 4.78 is 12.4. The Balaban J connectivity index is 0.00000304. The Morgan fingerprint density at radius 2 is 1.94 bits per heavy atom. The van der Waals surface area contributed by atoms with Gasteiger partial charge in [0.05, 0.1) is 34.9 Å². The van der Waals surface area contributed by atoms with Crippen molar-refractivity contribution in [1.29, 1.82) is 0 Å². The van der Waals surface area contributed by atoms with Crippen molar-refractivity contribution in [2.24, 2.45) is 7.05 Å². The summed E-state index contributed by atoms with van der Waals surface area (Å²) in [5, 5.41) is 8.08. The molecular formula is C25H30N8O3. The topological polar surface area (TPSA) is 136 Å². The lowest BCUT2D eigenvalue weighted by Gasteiger charge is -2.18. The maximum Gasteiger partial charge on any atom is 0.261 e. The molecule has 5 aromatic rings. The molecule has 5 rings (SSSR count). The van der Waals surface area contributed by atoms with Gasteiger partial charge in [0.15, 0.2) is 0 Å². The van der Waals surface area contributed by atoms with Crippen molar-refractivity contribution < 1.29 is 9.47 Å². The zero-order valence-corrected chi connectivity index (χ0v) is 19.7. The fourth-order valence-corrected chi connectivity index (χ4v) is 4.00. The van der Waals surface area contributed by atoms with Gasteiger partial charge in [-0.15, -0.1) is 0 Å². The molecule has 11 heteroatoms. The molecule has 0 aliphatic heterocycles. The van der Waals surface area contributed by atoms with Crippen LogP contribution < -0.4 is 15.6 Å². The minimum absolute atomic E-state index is 0. The van der Waals surface area contributed by atoms with Gasteiger partial charge in [0, 0.05) is 38.8 Å². The van der Waals surface area contributed by atoms with Gasteiger partial charge in [0.25, 0.3) is 5.56 Å². The first-order valence-corrected chi connectivity index (χ1v) is 11.3. The van der Waals surface area contributed by atoms with E-state index in [-0.39, 0.29) is 19.0 Å². The van der Waals surface area contributed by atoms with E-state index < -0.39 is 0 Å². The second-order valence-electron chi connectivity index (χ2n) is 8.09. The van der Waals surface area contributed by atoms with Gasteiger partial charge in [0.2, 0.25) is 0 Å². The highest BCUT2D eigenvalue weighted by Crippen LogP contribution is 2.33. The Bertz CT molecular complexity index is 1520. The number of hydrogen-bond acceptors (Lipinski definition) is 8. The first kappa shape index (κ1) is 24.9. The summed E-state index contributed by atoms with van der Waals surface area (Å²) in [6.45, 7) is 2.96. The number of ether oxygens (including phenoxy) is 2. The van der Waals surface area contributed by atoms with E-state index in [2.05, 4.69) is 30.4 Å². The van der Waals surface area contributed by atoms with Crippen LogP contribution in [0.3, 0.4) is 0 Å². The second kappa shape index (κ2) is 10.6. The highest BCUT2D eigenvalue weighted by atomic mass is 16.5. The van der Waals surface area contributed by atoms with E-state index in [0.29, 0.717) is 64.8 Å². The highest BCUT2D eigenvalue weighted by molar-refractivity contribution is 5.96. The number of anilines is 1. The molecule has 0 saturated carbocycles. The van der Waals surface area contributed by atoms with Crippen molar-refractivity contribution >= 4 is 27.8 Å². The lowest BCUT2D eigenvalue weighted by Crippen LogP contribution is -2.18. The molecule has 3 N–H and O–H groups in total. The van der Waals surface area contributed by atoms with E-state index in [1.807, 2.05) is 32.2 Å². The molecule has 11 nitrogen and oxygen atoms in total. The summed E-state index contributed by atoms with van der Waals surface area (Å²) in [4.78, 5) is 33.0. The Labute approximate surface area is 207 Å². The van der Waals surface area contributed by atoms with Crippen molar-refractivity contribution in [1.82, 2.24) is 34.7 Å². The Hall–Kier alpha value is -4.25. The summed E-state index contributed by atoms with van der Waals surface area (Å²) in [6.07, 6.45) is 5.88. The monoisotopic (exact) mass is 490 g/mol. The molecular weight excluding hydrogens is 460 g/mol. The summed E-state index contributed by atoms with van der Waals surface area (Å²) in [5.74, 6) is 1.74. The average Bonchev–Trinajstić information content (AvgIpc) is 3.44. The van der Waals surface area contributed by atoms with Crippen LogP contribution in [-0.2, 0) is 11.8 Å². The van der Waals surface area contributed by atoms with Gasteiger partial charge in [-0.3, -0.25) is 9.48 Å². The number of nitrogens with zero attached hydrogens (tertiary/aromatic N) is 5. The second-order valence-corrected chi connectivity index (χ2v) is 8.09. The molecule has 4 heterocycles. The maximum atomic E-state index is 13.3. The van der Waals surface area contributed by atoms with Gasteiger partial charge in [-0.05, 0) is 24.6 Å². The van der Waals surface area contributed by atoms with Crippen molar-refractivity contribution in [3.63, 3.8) is 0 Å². The number of benzene rings is 1. The summed E-state index contributed by atoms with van der Waals surface area (Å²) in [6, 6.07) is 7.09. The molecule has 0 radical (unpaired) electrons. The van der Waals surface area contributed by atoms with Crippen LogP contribution in [0.2, 0.25) is 0 Å². The number of nitrogens with one attached hydrogen (secondary N) is 3. The number of H-pyrrole nitrogens is 2. The summed E-state index contributed by atoms with van der Waals surface area (Å²) in [7, 11) is 3.44. The van der Waals surface area contributed by atoms with Crippen LogP contribution in [-0.4, -0.2) is 55.0 Å². The standard InChI is InChI=1S/C24H26N8O3.CH4/c1-4-15(22-25-8-5-9-26-22)27-21-19(24(33)30-18-13-32(2)31-20(18)21)23-28-16-7-6-14(12-17(16)29-23)35-11-10-34-3;/h5-9,12-13,15,27H,4,10-11H2,1-3H3,(H,28,29)(H,30,33);1H4/t15-;/m0./s1. The molecule has 1 atom stereocenters. The van der Waals surface area contributed by atoms with Crippen LogP contribution in [0.15, 0.2) is 47.7 Å². The number of methoxy groups -OCH3 is 1. The Morgan fingerprint density at radius 1 is 1.14 bits per heavy atom. The number of hydrogen-bond donors (Lipinski definition) is 3. The molecule has 0 aliphatic carbocycles. The third kappa shape index (κ3) is 4.78. The number of rotatable bonds is 9. The van der Waals surface area contributed by atoms with E-state index in [9.17, 15) is 4.79 Å². The zero-order chi connectivity index (χ0) is 24.4. The molecule has 0 bridgehead atoms. The molecule has 0 unspecified atom stereocenters. The van der Waals surface area contributed by atoms with Gasteiger partial charge in [0.1, 0.15) is 35.1 Å². The van der Waals surface area contributed by atoms with E-state index >= 15 is 0 Å². The Kier molecular flexibility index (Phi) is 7.30. The van der Waals surface area contributed by atoms with Crippen molar-refractivity contribution in [3.8, 4) is 17.1 Å². The lowest BCUT2D eigenvalue weighted by atomic mass is 10.1. The van der Waals surface area contributed by atoms with E-state index in [0.717, 1.165) is 5.52 Å². The minimum atomic E-state index is -0.285. The smallest absolute Gasteiger partial charge is 0.261 e. The van der Waals surface area contributed by atoms with Gasteiger partial charge in [-0.2, -0.15) is 5.10 Å². The zero-order valence-electron chi connectivity index (χ0n) is 19.7. The fraction of sp³-hybridized carbons (Fsp3) is 0.320. The quantitative estimate of drug-likeness (QED) is 0.265. The Morgan fingerprint density at radius 3 is 2.69 bits per heavy atom. The molecule has 188 valence electrons. The molecule has 0 amide bonds. The van der Waals surface area contributed by atoms with Gasteiger partial charge in [-0.1, -0.05) is 14.4 Å². The fourth-order valence-electron chi connectivity index (χ4n) is 4.00. The lowest BCUT2D eigenvalue weighted by molar-refractivity contribution is 0.146. The molecule has 0 saturated heterocycles. The van der Waals surface area contributed by atoms with Crippen LogP contribution in [0.4, 0.5) is 5.69 Å². The number of aryl methyl sites for hydroxylation is 1. The van der Waals surface area contributed by atoms with E-state index in [4.69, 9.17) is 14.5 Å². The predicted octanol–water partition coefficient (Wildman–Crippen LogP) is 3.82. The molecule has 0 spiro atoms. The van der Waals surface area contributed by atoms with E-state index in [1.54, 1.807) is 36.4 Å². The third-order valence-electron chi connectivity index (χ3n) is 5.66. The molecule has 36 heavy (non-hydrogen) atoms. The van der Waals surface area contributed by atoms with Gasteiger partial charge in [-0.25, -0.2) is 15.0 Å². The SMILES string of the molecule is C.CC[C@H](Nc1c(-c2nc3ccc(OCCOC)cc3[nH]2)c(=O)[nH]c2cn(C)nc12)c1ncccn1. The van der Waals surface area contributed by atoms with Crippen molar-refractivity contribution in [3.05, 3.63) is 59.0 Å². The minimum Gasteiger partial charge on any atom is -0.491 e. The van der Waals surface area contributed by atoms with Crippen LogP contribution >= 0.6 is 0 Å². The highest BCUT2D eigenvalue weighted by Gasteiger charge is 2.23. The summed E-state index contributed by atoms with van der Waals surface area (Å²) >= 11 is 0.